The zero-order chi connectivity index (χ0) is 15.5. The van der Waals surface area contributed by atoms with Gasteiger partial charge in [-0.25, -0.2) is 8.42 Å². The van der Waals surface area contributed by atoms with Crippen LogP contribution in [0.2, 0.25) is 0 Å². The summed E-state index contributed by atoms with van der Waals surface area (Å²) in [5, 5.41) is -0.296. The Hall–Kier alpha value is -0.910. The summed E-state index contributed by atoms with van der Waals surface area (Å²) in [5.41, 5.74) is 7.22. The summed E-state index contributed by atoms with van der Waals surface area (Å²) in [5.74, 6) is 1.07. The van der Waals surface area contributed by atoms with Gasteiger partial charge in [0.15, 0.2) is 9.84 Å². The first-order chi connectivity index (χ1) is 9.94. The number of nitrogens with zero attached hydrogens (tertiary/aromatic N) is 1. The smallest absolute Gasteiger partial charge is 0.153 e. The zero-order valence-electron chi connectivity index (χ0n) is 12.9. The molecule has 1 heterocycles. The Morgan fingerprint density at radius 1 is 1.24 bits per heavy atom. The van der Waals surface area contributed by atoms with E-state index in [4.69, 9.17) is 5.73 Å². The van der Waals surface area contributed by atoms with Gasteiger partial charge in [0.1, 0.15) is 0 Å². The van der Waals surface area contributed by atoms with Gasteiger partial charge < -0.3 is 10.6 Å². The molecule has 2 atom stereocenters. The molecular formula is C16H26N2O2S. The molecule has 0 radical (unpaired) electrons. The first kappa shape index (κ1) is 16.5. The van der Waals surface area contributed by atoms with Gasteiger partial charge in [-0.2, -0.15) is 0 Å². The van der Waals surface area contributed by atoms with Crippen molar-refractivity contribution in [2.45, 2.75) is 25.0 Å². The fourth-order valence-electron chi connectivity index (χ4n) is 2.95. The van der Waals surface area contributed by atoms with Gasteiger partial charge in [0.25, 0.3) is 0 Å². The maximum absolute atomic E-state index is 11.9. The van der Waals surface area contributed by atoms with E-state index in [-0.39, 0.29) is 11.0 Å². The summed E-state index contributed by atoms with van der Waals surface area (Å²) in [6, 6.07) is 10.4. The van der Waals surface area contributed by atoms with E-state index in [2.05, 4.69) is 29.2 Å². The van der Waals surface area contributed by atoms with Crippen LogP contribution in [0, 0.1) is 5.92 Å². The third-order valence-corrected chi connectivity index (χ3v) is 6.65. The number of sulfone groups is 1. The van der Waals surface area contributed by atoms with E-state index in [0.29, 0.717) is 24.9 Å². The van der Waals surface area contributed by atoms with Crippen molar-refractivity contribution in [3.05, 3.63) is 35.9 Å². The topological polar surface area (TPSA) is 63.4 Å². The molecule has 1 aliphatic heterocycles. The van der Waals surface area contributed by atoms with Gasteiger partial charge in [0.05, 0.1) is 11.0 Å². The largest absolute Gasteiger partial charge is 0.330 e. The van der Waals surface area contributed by atoms with E-state index in [1.807, 2.05) is 6.07 Å². The fourth-order valence-corrected chi connectivity index (χ4v) is 3.94. The molecule has 0 aromatic heterocycles. The number of benzene rings is 1. The standard InChI is InChI=1S/C16H26N2O2S/c1-13(2)21(19,20)9-8-18-11-15(10-17)16(12-18)14-6-4-3-5-7-14/h3-7,13,15-16H,8-12,17H2,1-2H3/t15-,16+/m1/s1. The van der Waals surface area contributed by atoms with Crippen LogP contribution in [0.3, 0.4) is 0 Å². The fraction of sp³-hybridized carbons (Fsp3) is 0.625. The zero-order valence-corrected chi connectivity index (χ0v) is 13.7. The van der Waals surface area contributed by atoms with E-state index in [9.17, 15) is 8.42 Å². The summed E-state index contributed by atoms with van der Waals surface area (Å²) >= 11 is 0. The number of rotatable bonds is 6. The predicted molar refractivity (Wildman–Crippen MR) is 87.1 cm³/mol. The van der Waals surface area contributed by atoms with Crippen molar-refractivity contribution >= 4 is 9.84 Å². The molecule has 4 nitrogen and oxygen atoms in total. The highest BCUT2D eigenvalue weighted by atomic mass is 32.2. The molecule has 0 aliphatic carbocycles. The molecule has 1 aromatic rings. The molecule has 1 aromatic carbocycles. The normalized spacial score (nSPS) is 23.8. The Kier molecular flexibility index (Phi) is 5.41. The molecule has 0 spiro atoms. The Morgan fingerprint density at radius 3 is 2.48 bits per heavy atom. The summed E-state index contributed by atoms with van der Waals surface area (Å²) in [7, 11) is -2.96. The van der Waals surface area contributed by atoms with E-state index >= 15 is 0 Å². The monoisotopic (exact) mass is 310 g/mol. The number of nitrogens with two attached hydrogens (primary N) is 1. The van der Waals surface area contributed by atoms with Crippen LogP contribution in [0.5, 0.6) is 0 Å². The minimum absolute atomic E-state index is 0.240. The summed E-state index contributed by atoms with van der Waals surface area (Å²) in [6.45, 7) is 6.54. The summed E-state index contributed by atoms with van der Waals surface area (Å²) in [6.07, 6.45) is 0. The molecule has 1 fully saturated rings. The van der Waals surface area contributed by atoms with E-state index in [1.54, 1.807) is 13.8 Å². The molecule has 2 rings (SSSR count). The lowest BCUT2D eigenvalue weighted by Crippen LogP contribution is -2.31. The lowest BCUT2D eigenvalue weighted by atomic mass is 9.89. The van der Waals surface area contributed by atoms with Crippen LogP contribution in [0.15, 0.2) is 30.3 Å². The molecule has 0 bridgehead atoms. The maximum atomic E-state index is 11.9. The average Bonchev–Trinajstić information content (AvgIpc) is 2.89. The van der Waals surface area contributed by atoms with E-state index in [1.165, 1.54) is 5.56 Å². The molecule has 0 amide bonds. The second kappa shape index (κ2) is 6.90. The summed E-state index contributed by atoms with van der Waals surface area (Å²) < 4.78 is 23.9. The van der Waals surface area contributed by atoms with Crippen LogP contribution in [0.4, 0.5) is 0 Å². The predicted octanol–water partition coefficient (Wildman–Crippen LogP) is 1.48. The molecule has 0 unspecified atom stereocenters. The highest BCUT2D eigenvalue weighted by Crippen LogP contribution is 2.31. The first-order valence-corrected chi connectivity index (χ1v) is 9.34. The van der Waals surface area contributed by atoms with Crippen LogP contribution in [0.1, 0.15) is 25.3 Å². The Labute approximate surface area is 128 Å². The van der Waals surface area contributed by atoms with Crippen molar-refractivity contribution in [3.63, 3.8) is 0 Å². The maximum Gasteiger partial charge on any atom is 0.153 e. The number of hydrogen-bond acceptors (Lipinski definition) is 4. The SMILES string of the molecule is CC(C)S(=O)(=O)CCN1C[C@@H](CN)[C@H](c2ccccc2)C1. The molecule has 1 saturated heterocycles. The number of hydrogen-bond donors (Lipinski definition) is 1. The molecule has 2 N–H and O–H groups in total. The van der Waals surface area contributed by atoms with E-state index in [0.717, 1.165) is 13.1 Å². The van der Waals surface area contributed by atoms with Crippen LogP contribution >= 0.6 is 0 Å². The highest BCUT2D eigenvalue weighted by molar-refractivity contribution is 7.92. The lowest BCUT2D eigenvalue weighted by molar-refractivity contribution is 0.343. The first-order valence-electron chi connectivity index (χ1n) is 7.63. The van der Waals surface area contributed by atoms with Gasteiger partial charge in [-0.1, -0.05) is 30.3 Å². The Morgan fingerprint density at radius 2 is 1.90 bits per heavy atom. The third-order valence-electron chi connectivity index (χ3n) is 4.46. The third kappa shape index (κ3) is 4.05. The number of likely N-dealkylation sites (tertiary alicyclic amines) is 1. The van der Waals surface area contributed by atoms with Gasteiger partial charge in [0.2, 0.25) is 0 Å². The highest BCUT2D eigenvalue weighted by Gasteiger charge is 2.33. The van der Waals surface area contributed by atoms with Gasteiger partial charge in [0, 0.05) is 25.6 Å². The minimum Gasteiger partial charge on any atom is -0.330 e. The second-order valence-corrected chi connectivity index (χ2v) is 8.87. The van der Waals surface area contributed by atoms with Crippen LogP contribution in [0.25, 0.3) is 0 Å². The van der Waals surface area contributed by atoms with Gasteiger partial charge in [-0.3, -0.25) is 0 Å². The van der Waals surface area contributed by atoms with Crippen molar-refractivity contribution in [1.82, 2.24) is 4.90 Å². The Balaban J connectivity index is 1.99. The van der Waals surface area contributed by atoms with E-state index < -0.39 is 9.84 Å². The minimum atomic E-state index is -2.96. The quantitative estimate of drug-likeness (QED) is 0.864. The molecule has 5 heteroatoms. The average molecular weight is 310 g/mol. The van der Waals surface area contributed by atoms with Crippen molar-refractivity contribution in [2.75, 3.05) is 31.9 Å². The molecule has 21 heavy (non-hydrogen) atoms. The van der Waals surface area contributed by atoms with Crippen molar-refractivity contribution in [3.8, 4) is 0 Å². The molecule has 0 saturated carbocycles. The van der Waals surface area contributed by atoms with Crippen LogP contribution < -0.4 is 5.73 Å². The molecule has 118 valence electrons. The second-order valence-electron chi connectivity index (χ2n) is 6.19. The van der Waals surface area contributed by atoms with Gasteiger partial charge in [-0.15, -0.1) is 0 Å². The van der Waals surface area contributed by atoms with Crippen molar-refractivity contribution in [2.24, 2.45) is 11.7 Å². The van der Waals surface area contributed by atoms with Crippen LogP contribution in [-0.4, -0.2) is 50.5 Å². The molecular weight excluding hydrogens is 284 g/mol. The van der Waals surface area contributed by atoms with Crippen molar-refractivity contribution in [1.29, 1.82) is 0 Å². The lowest BCUT2D eigenvalue weighted by Gasteiger charge is -2.17. The van der Waals surface area contributed by atoms with Crippen molar-refractivity contribution < 1.29 is 8.42 Å². The molecule has 1 aliphatic rings. The van der Waals surface area contributed by atoms with Crippen LogP contribution in [-0.2, 0) is 9.84 Å². The summed E-state index contributed by atoms with van der Waals surface area (Å²) in [4.78, 5) is 2.25. The van der Waals surface area contributed by atoms with Gasteiger partial charge >= 0.3 is 0 Å². The van der Waals surface area contributed by atoms with Gasteiger partial charge in [-0.05, 0) is 31.9 Å². The Bertz CT molecular complexity index is 543.